The smallest absolute Gasteiger partial charge is 0.410 e. The topological polar surface area (TPSA) is 55.8 Å². The van der Waals surface area contributed by atoms with Crippen LogP contribution in [0.3, 0.4) is 0 Å². The summed E-state index contributed by atoms with van der Waals surface area (Å²) >= 11 is 0. The predicted octanol–water partition coefficient (Wildman–Crippen LogP) is 7.61. The first-order valence-electron chi connectivity index (χ1n) is 13.8. The lowest BCUT2D eigenvalue weighted by molar-refractivity contribution is -0.150. The zero-order chi connectivity index (χ0) is 24.8. The first kappa shape index (κ1) is 29.8. The normalized spacial score (nSPS) is 21.8. The second-order valence-corrected chi connectivity index (χ2v) is 11.1. The Labute approximate surface area is 204 Å². The van der Waals surface area contributed by atoms with Crippen LogP contribution < -0.4 is 0 Å². The second-order valence-electron chi connectivity index (χ2n) is 11.1. The average Bonchev–Trinajstić information content (AvgIpc) is 2.75. The van der Waals surface area contributed by atoms with Crippen molar-refractivity contribution in [2.75, 3.05) is 13.7 Å². The molecule has 0 aromatic heterocycles. The molecule has 0 aliphatic heterocycles. The second kappa shape index (κ2) is 16.4. The van der Waals surface area contributed by atoms with Crippen molar-refractivity contribution in [3.05, 3.63) is 0 Å². The molecule has 33 heavy (non-hydrogen) atoms. The van der Waals surface area contributed by atoms with Gasteiger partial charge in [-0.1, -0.05) is 92.9 Å². The molecule has 0 N–H and O–H groups in total. The molecule has 1 aliphatic carbocycles. The van der Waals surface area contributed by atoms with Gasteiger partial charge in [-0.2, -0.15) is 0 Å². The summed E-state index contributed by atoms with van der Waals surface area (Å²) in [6, 6.07) is -0.593. The highest BCUT2D eigenvalue weighted by Gasteiger charge is 2.36. The van der Waals surface area contributed by atoms with Crippen molar-refractivity contribution < 1.29 is 19.1 Å². The molecule has 0 spiro atoms. The molecule has 0 bridgehead atoms. The van der Waals surface area contributed by atoms with Crippen LogP contribution in [0, 0.1) is 23.7 Å². The van der Waals surface area contributed by atoms with E-state index in [0.29, 0.717) is 30.8 Å². The minimum absolute atomic E-state index is 0.0725. The lowest BCUT2D eigenvalue weighted by Crippen LogP contribution is -2.47. The number of hydrogen-bond acceptors (Lipinski definition) is 4. The van der Waals surface area contributed by atoms with E-state index in [4.69, 9.17) is 9.47 Å². The van der Waals surface area contributed by atoms with Gasteiger partial charge in [0.25, 0.3) is 0 Å². The van der Waals surface area contributed by atoms with Gasteiger partial charge in [-0.05, 0) is 49.4 Å². The number of likely N-dealkylation sites (N-methyl/N-ethyl adjacent to an activating group) is 1. The number of carbonyl (C=O) groups is 2. The summed E-state index contributed by atoms with van der Waals surface area (Å²) in [7, 11) is 1.68. The van der Waals surface area contributed by atoms with E-state index in [0.717, 1.165) is 25.7 Å². The van der Waals surface area contributed by atoms with Gasteiger partial charge in [-0.3, -0.25) is 4.90 Å². The van der Waals surface area contributed by atoms with Gasteiger partial charge in [0.15, 0.2) is 0 Å². The Morgan fingerprint density at radius 1 is 0.939 bits per heavy atom. The fourth-order valence-electron chi connectivity index (χ4n) is 4.95. The Balaban J connectivity index is 2.54. The summed E-state index contributed by atoms with van der Waals surface area (Å²) in [5, 5.41) is 0. The molecule has 4 unspecified atom stereocenters. The number of amides is 1. The number of nitrogens with zero attached hydrogens (tertiary/aromatic N) is 1. The number of hydrogen-bond donors (Lipinski definition) is 0. The van der Waals surface area contributed by atoms with E-state index < -0.39 is 12.1 Å². The molecule has 1 rings (SSSR count). The first-order chi connectivity index (χ1) is 15.7. The SMILES string of the molecule is CCCCCCCCCCOC(=O)C(CC(C)C)N(C)C(=O)OC1CC(C)CCC1C(C)C. The Bertz CT molecular complexity index is 548. The quantitative estimate of drug-likeness (QED) is 0.184. The van der Waals surface area contributed by atoms with Gasteiger partial charge >= 0.3 is 12.1 Å². The molecule has 1 saturated carbocycles. The van der Waals surface area contributed by atoms with Gasteiger partial charge in [-0.15, -0.1) is 0 Å². The van der Waals surface area contributed by atoms with Gasteiger partial charge in [0, 0.05) is 7.05 Å². The first-order valence-corrected chi connectivity index (χ1v) is 13.8. The molecule has 5 heteroatoms. The van der Waals surface area contributed by atoms with Crippen LogP contribution in [0.4, 0.5) is 4.79 Å². The van der Waals surface area contributed by atoms with Crippen molar-refractivity contribution in [1.82, 2.24) is 4.90 Å². The molecule has 1 fully saturated rings. The number of esters is 1. The average molecular weight is 468 g/mol. The molecule has 1 amide bonds. The maximum Gasteiger partial charge on any atom is 0.410 e. The van der Waals surface area contributed by atoms with Crippen LogP contribution >= 0.6 is 0 Å². The fourth-order valence-corrected chi connectivity index (χ4v) is 4.95. The van der Waals surface area contributed by atoms with Crippen LogP contribution in [0.5, 0.6) is 0 Å². The summed E-state index contributed by atoms with van der Waals surface area (Å²) in [5.74, 6) is 1.40. The number of rotatable bonds is 15. The Hall–Kier alpha value is -1.26. The maximum absolute atomic E-state index is 13.0. The van der Waals surface area contributed by atoms with Gasteiger partial charge in [0.2, 0.25) is 0 Å². The zero-order valence-electron chi connectivity index (χ0n) is 22.7. The number of ether oxygens (including phenoxy) is 2. The van der Waals surface area contributed by atoms with Crippen LogP contribution in [0.2, 0.25) is 0 Å². The lowest BCUT2D eigenvalue weighted by atomic mass is 9.75. The van der Waals surface area contributed by atoms with Crippen LogP contribution in [-0.2, 0) is 14.3 Å². The molecule has 0 aromatic carbocycles. The molecule has 0 radical (unpaired) electrons. The van der Waals surface area contributed by atoms with Crippen molar-refractivity contribution in [2.24, 2.45) is 23.7 Å². The summed E-state index contributed by atoms with van der Waals surface area (Å²) in [6.45, 7) is 13.4. The summed E-state index contributed by atoms with van der Waals surface area (Å²) in [4.78, 5) is 27.4. The molecular weight excluding hydrogens is 414 g/mol. The Morgan fingerprint density at radius 2 is 1.55 bits per heavy atom. The zero-order valence-corrected chi connectivity index (χ0v) is 22.7. The van der Waals surface area contributed by atoms with Crippen LogP contribution in [0.15, 0.2) is 0 Å². The fraction of sp³-hybridized carbons (Fsp3) is 0.929. The third kappa shape index (κ3) is 11.6. The molecule has 1 aliphatic rings. The van der Waals surface area contributed by atoms with Gasteiger partial charge in [0.05, 0.1) is 6.61 Å². The lowest BCUT2D eigenvalue weighted by Gasteiger charge is -2.38. The minimum atomic E-state index is -0.593. The van der Waals surface area contributed by atoms with E-state index >= 15 is 0 Å². The van der Waals surface area contributed by atoms with Crippen molar-refractivity contribution in [3.8, 4) is 0 Å². The van der Waals surface area contributed by atoms with E-state index in [9.17, 15) is 9.59 Å². The monoisotopic (exact) mass is 467 g/mol. The maximum atomic E-state index is 13.0. The van der Waals surface area contributed by atoms with Crippen molar-refractivity contribution in [1.29, 1.82) is 0 Å². The molecule has 4 atom stereocenters. The summed E-state index contributed by atoms with van der Waals surface area (Å²) in [6.07, 6.45) is 12.9. The predicted molar refractivity (Wildman–Crippen MR) is 136 cm³/mol. The molecule has 194 valence electrons. The summed E-state index contributed by atoms with van der Waals surface area (Å²) < 4.78 is 11.6. The molecular formula is C28H53NO4. The van der Waals surface area contributed by atoms with Crippen molar-refractivity contribution in [2.45, 2.75) is 131 Å². The third-order valence-corrected chi connectivity index (χ3v) is 7.18. The number of unbranched alkanes of at least 4 members (excludes halogenated alkanes) is 7. The highest BCUT2D eigenvalue weighted by Crippen LogP contribution is 2.35. The van der Waals surface area contributed by atoms with Crippen molar-refractivity contribution >= 4 is 12.1 Å². The van der Waals surface area contributed by atoms with Gasteiger partial charge < -0.3 is 9.47 Å². The molecule has 5 nitrogen and oxygen atoms in total. The minimum Gasteiger partial charge on any atom is -0.464 e. The van der Waals surface area contributed by atoms with E-state index in [1.54, 1.807) is 7.05 Å². The molecule has 0 heterocycles. The summed E-state index contributed by atoms with van der Waals surface area (Å²) in [5.41, 5.74) is 0. The largest absolute Gasteiger partial charge is 0.464 e. The van der Waals surface area contributed by atoms with Gasteiger partial charge in [-0.25, -0.2) is 9.59 Å². The van der Waals surface area contributed by atoms with E-state index in [2.05, 4.69) is 41.5 Å². The molecule has 0 saturated heterocycles. The third-order valence-electron chi connectivity index (χ3n) is 7.18. The molecule has 0 aromatic rings. The number of carbonyl (C=O) groups excluding carboxylic acids is 2. The van der Waals surface area contributed by atoms with E-state index in [1.165, 1.54) is 49.8 Å². The highest BCUT2D eigenvalue weighted by atomic mass is 16.6. The standard InChI is InChI=1S/C28H53NO4/c1-8-9-10-11-12-13-14-15-18-32-27(30)25(19-21(2)3)29(7)28(31)33-26-20-23(6)16-17-24(26)22(4)5/h21-26H,8-20H2,1-7H3. The van der Waals surface area contributed by atoms with E-state index in [1.807, 2.05) is 0 Å². The Kier molecular flexibility index (Phi) is 14.8. The van der Waals surface area contributed by atoms with Gasteiger partial charge in [0.1, 0.15) is 12.1 Å². The van der Waals surface area contributed by atoms with E-state index in [-0.39, 0.29) is 18.0 Å². The highest BCUT2D eigenvalue weighted by molar-refractivity contribution is 5.81. The Morgan fingerprint density at radius 3 is 2.12 bits per heavy atom. The van der Waals surface area contributed by atoms with Crippen molar-refractivity contribution in [3.63, 3.8) is 0 Å². The van der Waals surface area contributed by atoms with Crippen LogP contribution in [0.25, 0.3) is 0 Å². The van der Waals surface area contributed by atoms with Crippen LogP contribution in [-0.4, -0.2) is 42.8 Å². The van der Waals surface area contributed by atoms with Crippen LogP contribution in [0.1, 0.15) is 119 Å².